The lowest BCUT2D eigenvalue weighted by Gasteiger charge is -2.24. The lowest BCUT2D eigenvalue weighted by molar-refractivity contribution is 0.412. The highest BCUT2D eigenvalue weighted by Gasteiger charge is 2.14. The zero-order valence-corrected chi connectivity index (χ0v) is 10.3. The summed E-state index contributed by atoms with van der Waals surface area (Å²) in [5.74, 6) is 0.963. The van der Waals surface area contributed by atoms with Gasteiger partial charge >= 0.3 is 0 Å². The van der Waals surface area contributed by atoms with E-state index in [4.69, 9.17) is 4.74 Å². The molecule has 0 amide bonds. The van der Waals surface area contributed by atoms with Gasteiger partial charge in [0.05, 0.1) is 12.8 Å². The molecule has 0 spiro atoms. The van der Waals surface area contributed by atoms with E-state index in [0.717, 1.165) is 11.4 Å². The molecule has 0 unspecified atom stereocenters. The predicted octanol–water partition coefficient (Wildman–Crippen LogP) is 3.75. The van der Waals surface area contributed by atoms with Gasteiger partial charge < -0.3 is 10.1 Å². The lowest BCUT2D eigenvalue weighted by Crippen LogP contribution is -2.22. The van der Waals surface area contributed by atoms with Gasteiger partial charge in [0.25, 0.3) is 0 Å². The number of hydrogen-bond acceptors (Lipinski definition) is 2. The Bertz CT molecular complexity index is 343. The molecule has 0 aromatic heterocycles. The van der Waals surface area contributed by atoms with Crippen LogP contribution < -0.4 is 10.1 Å². The first kappa shape index (κ1) is 11.3. The van der Waals surface area contributed by atoms with E-state index in [1.54, 1.807) is 7.11 Å². The Morgan fingerprint density at radius 3 is 2.62 bits per heavy atom. The van der Waals surface area contributed by atoms with Gasteiger partial charge in [0.1, 0.15) is 5.75 Å². The summed E-state index contributed by atoms with van der Waals surface area (Å²) in [6.45, 7) is 2.09. The largest absolute Gasteiger partial charge is 0.495 e. The molecule has 0 saturated heterocycles. The van der Waals surface area contributed by atoms with Gasteiger partial charge in [-0.15, -0.1) is 0 Å². The van der Waals surface area contributed by atoms with Gasteiger partial charge in [0.15, 0.2) is 0 Å². The molecule has 0 aliphatic heterocycles. The smallest absolute Gasteiger partial charge is 0.142 e. The second-order valence-electron chi connectivity index (χ2n) is 4.68. The molecule has 88 valence electrons. The lowest BCUT2D eigenvalue weighted by atomic mass is 9.95. The molecule has 1 aromatic carbocycles. The van der Waals surface area contributed by atoms with Gasteiger partial charge in [-0.2, -0.15) is 0 Å². The van der Waals surface area contributed by atoms with Crippen LogP contribution in [0.3, 0.4) is 0 Å². The maximum atomic E-state index is 5.41. The fourth-order valence-electron chi connectivity index (χ4n) is 2.38. The Labute approximate surface area is 98.0 Å². The normalized spacial score (nSPS) is 17.1. The second-order valence-corrected chi connectivity index (χ2v) is 4.68. The zero-order chi connectivity index (χ0) is 11.4. The highest BCUT2D eigenvalue weighted by Crippen LogP contribution is 2.29. The molecule has 1 aromatic rings. The quantitative estimate of drug-likeness (QED) is 0.836. The predicted molar refractivity (Wildman–Crippen MR) is 68.2 cm³/mol. The van der Waals surface area contributed by atoms with Gasteiger partial charge in [0.2, 0.25) is 0 Å². The van der Waals surface area contributed by atoms with Crippen molar-refractivity contribution in [1.82, 2.24) is 0 Å². The van der Waals surface area contributed by atoms with E-state index in [9.17, 15) is 0 Å². The van der Waals surface area contributed by atoms with Crippen LogP contribution in [-0.2, 0) is 0 Å². The molecule has 0 atom stereocenters. The summed E-state index contributed by atoms with van der Waals surface area (Å²) in [6.07, 6.45) is 6.68. The fourth-order valence-corrected chi connectivity index (χ4v) is 2.38. The van der Waals surface area contributed by atoms with Crippen molar-refractivity contribution in [3.05, 3.63) is 23.8 Å². The number of benzene rings is 1. The van der Waals surface area contributed by atoms with Crippen molar-refractivity contribution in [3.8, 4) is 5.75 Å². The molecule has 0 radical (unpaired) electrons. The van der Waals surface area contributed by atoms with Crippen molar-refractivity contribution >= 4 is 5.69 Å². The number of nitrogens with one attached hydrogen (secondary N) is 1. The van der Waals surface area contributed by atoms with Crippen LogP contribution in [0.5, 0.6) is 5.75 Å². The third-order valence-electron chi connectivity index (χ3n) is 3.32. The molecule has 0 bridgehead atoms. The van der Waals surface area contributed by atoms with Crippen LogP contribution in [0.1, 0.15) is 37.7 Å². The van der Waals surface area contributed by atoms with Crippen LogP contribution >= 0.6 is 0 Å². The Balaban J connectivity index is 2.07. The average Bonchev–Trinajstić information content (AvgIpc) is 2.33. The highest BCUT2D eigenvalue weighted by atomic mass is 16.5. The van der Waals surface area contributed by atoms with Crippen LogP contribution in [0.2, 0.25) is 0 Å². The van der Waals surface area contributed by atoms with E-state index >= 15 is 0 Å². The highest BCUT2D eigenvalue weighted by molar-refractivity contribution is 5.58. The zero-order valence-electron chi connectivity index (χ0n) is 10.3. The summed E-state index contributed by atoms with van der Waals surface area (Å²) < 4.78 is 5.41. The SMILES string of the molecule is COc1cc(C)ccc1NC1CCCCC1. The third-order valence-corrected chi connectivity index (χ3v) is 3.32. The molecule has 1 aliphatic rings. The van der Waals surface area contributed by atoms with Crippen LogP contribution in [-0.4, -0.2) is 13.2 Å². The first-order valence-electron chi connectivity index (χ1n) is 6.21. The summed E-state index contributed by atoms with van der Waals surface area (Å²) in [4.78, 5) is 0. The summed E-state index contributed by atoms with van der Waals surface area (Å²) in [6, 6.07) is 6.98. The van der Waals surface area contributed by atoms with Gasteiger partial charge in [-0.05, 0) is 37.5 Å². The number of anilines is 1. The molecular formula is C14H21NO. The third kappa shape index (κ3) is 2.69. The molecule has 0 heterocycles. The minimum Gasteiger partial charge on any atom is -0.495 e. The standard InChI is InChI=1S/C14H21NO/c1-11-8-9-13(14(10-11)16-2)15-12-6-4-3-5-7-12/h8-10,12,15H,3-7H2,1-2H3. The van der Waals surface area contributed by atoms with Gasteiger partial charge in [0, 0.05) is 6.04 Å². The van der Waals surface area contributed by atoms with Crippen molar-refractivity contribution < 1.29 is 4.74 Å². The number of ether oxygens (including phenoxy) is 1. The van der Waals surface area contributed by atoms with Gasteiger partial charge in [-0.1, -0.05) is 25.3 Å². The van der Waals surface area contributed by atoms with E-state index in [-0.39, 0.29) is 0 Å². The molecule has 16 heavy (non-hydrogen) atoms. The summed E-state index contributed by atoms with van der Waals surface area (Å²) in [5, 5.41) is 3.60. The summed E-state index contributed by atoms with van der Waals surface area (Å²) in [5.41, 5.74) is 2.38. The van der Waals surface area contributed by atoms with Crippen molar-refractivity contribution in [2.24, 2.45) is 0 Å². The van der Waals surface area contributed by atoms with Crippen LogP contribution in [0.25, 0.3) is 0 Å². The van der Waals surface area contributed by atoms with Crippen molar-refractivity contribution in [3.63, 3.8) is 0 Å². The van der Waals surface area contributed by atoms with Crippen molar-refractivity contribution in [2.75, 3.05) is 12.4 Å². The van der Waals surface area contributed by atoms with E-state index in [1.807, 2.05) is 0 Å². The second kappa shape index (κ2) is 5.24. The Kier molecular flexibility index (Phi) is 3.70. The molecule has 2 heteroatoms. The van der Waals surface area contributed by atoms with Crippen molar-refractivity contribution in [1.29, 1.82) is 0 Å². The van der Waals surface area contributed by atoms with Gasteiger partial charge in [-0.3, -0.25) is 0 Å². The minimum absolute atomic E-state index is 0.630. The van der Waals surface area contributed by atoms with Crippen LogP contribution in [0.15, 0.2) is 18.2 Å². The van der Waals surface area contributed by atoms with E-state index in [2.05, 4.69) is 30.4 Å². The van der Waals surface area contributed by atoms with E-state index < -0.39 is 0 Å². The van der Waals surface area contributed by atoms with Crippen LogP contribution in [0, 0.1) is 6.92 Å². The number of rotatable bonds is 3. The number of methoxy groups -OCH3 is 1. The molecule has 1 fully saturated rings. The fraction of sp³-hybridized carbons (Fsp3) is 0.571. The first-order chi connectivity index (χ1) is 7.79. The van der Waals surface area contributed by atoms with Crippen molar-refractivity contribution in [2.45, 2.75) is 45.1 Å². The monoisotopic (exact) mass is 219 g/mol. The maximum absolute atomic E-state index is 5.41. The summed E-state index contributed by atoms with van der Waals surface area (Å²) >= 11 is 0. The van der Waals surface area contributed by atoms with Crippen LogP contribution in [0.4, 0.5) is 5.69 Å². The van der Waals surface area contributed by atoms with E-state index in [0.29, 0.717) is 6.04 Å². The molecule has 2 rings (SSSR count). The molecule has 2 nitrogen and oxygen atoms in total. The van der Waals surface area contributed by atoms with E-state index in [1.165, 1.54) is 37.7 Å². The Morgan fingerprint density at radius 2 is 1.94 bits per heavy atom. The molecule has 1 N–H and O–H groups in total. The van der Waals surface area contributed by atoms with Gasteiger partial charge in [-0.25, -0.2) is 0 Å². The topological polar surface area (TPSA) is 21.3 Å². The number of hydrogen-bond donors (Lipinski definition) is 1. The Morgan fingerprint density at radius 1 is 1.19 bits per heavy atom. The minimum atomic E-state index is 0.630. The number of aryl methyl sites for hydroxylation is 1. The Hall–Kier alpha value is -1.18. The molecular weight excluding hydrogens is 198 g/mol. The maximum Gasteiger partial charge on any atom is 0.142 e. The molecule has 1 saturated carbocycles. The first-order valence-corrected chi connectivity index (χ1v) is 6.21. The average molecular weight is 219 g/mol. The summed E-state index contributed by atoms with van der Waals surface area (Å²) in [7, 11) is 1.74. The molecule has 1 aliphatic carbocycles.